The van der Waals surface area contributed by atoms with Gasteiger partial charge in [0.05, 0.1) is 5.41 Å². The van der Waals surface area contributed by atoms with E-state index in [1.54, 1.807) is 0 Å². The van der Waals surface area contributed by atoms with Gasteiger partial charge in [-0.15, -0.1) is 0 Å². The largest absolute Gasteiger partial charge is 0.337 e. The minimum Gasteiger partial charge on any atom is -0.337 e. The molecule has 1 amide bonds. The highest BCUT2D eigenvalue weighted by Crippen LogP contribution is 2.37. The highest BCUT2D eigenvalue weighted by Gasteiger charge is 2.44. The summed E-state index contributed by atoms with van der Waals surface area (Å²) in [7, 11) is 0. The molecule has 1 aliphatic rings. The summed E-state index contributed by atoms with van der Waals surface area (Å²) in [5.41, 5.74) is 5.69. The molecule has 0 atom stereocenters. The Labute approximate surface area is 112 Å². The van der Waals surface area contributed by atoms with Crippen molar-refractivity contribution < 1.29 is 4.79 Å². The summed E-state index contributed by atoms with van der Waals surface area (Å²) in [5.74, 6) is 0.302. The molecule has 1 heterocycles. The van der Waals surface area contributed by atoms with Crippen LogP contribution >= 0.6 is 0 Å². The first kappa shape index (κ1) is 15.5. The van der Waals surface area contributed by atoms with E-state index in [9.17, 15) is 4.79 Å². The Morgan fingerprint density at radius 3 is 2.17 bits per heavy atom. The van der Waals surface area contributed by atoms with Gasteiger partial charge in [0, 0.05) is 18.6 Å². The van der Waals surface area contributed by atoms with Crippen LogP contribution in [0, 0.1) is 5.41 Å². The third kappa shape index (κ3) is 2.87. The zero-order valence-electron chi connectivity index (χ0n) is 12.6. The summed E-state index contributed by atoms with van der Waals surface area (Å²) in [4.78, 5) is 15.0. The number of nitrogens with two attached hydrogens (primary N) is 1. The predicted octanol–water partition coefficient (Wildman–Crippen LogP) is 2.93. The highest BCUT2D eigenvalue weighted by atomic mass is 16.2. The van der Waals surface area contributed by atoms with Gasteiger partial charge in [0.25, 0.3) is 0 Å². The fourth-order valence-corrected chi connectivity index (χ4v) is 3.36. The van der Waals surface area contributed by atoms with E-state index < -0.39 is 0 Å². The number of carbonyl (C=O) groups is 1. The van der Waals surface area contributed by atoms with E-state index >= 15 is 0 Å². The second-order valence-electron chi connectivity index (χ2n) is 6.36. The van der Waals surface area contributed by atoms with Crippen LogP contribution in [0.15, 0.2) is 0 Å². The number of hydrogen-bond acceptors (Lipinski definition) is 2. The van der Waals surface area contributed by atoms with Gasteiger partial charge in [0.15, 0.2) is 0 Å². The molecule has 3 heteroatoms. The fourth-order valence-electron chi connectivity index (χ4n) is 3.36. The van der Waals surface area contributed by atoms with Gasteiger partial charge in [-0.2, -0.15) is 0 Å². The van der Waals surface area contributed by atoms with Gasteiger partial charge in [-0.25, -0.2) is 0 Å². The maximum absolute atomic E-state index is 12.9. The average Bonchev–Trinajstić information content (AvgIpc) is 2.67. The van der Waals surface area contributed by atoms with Gasteiger partial charge in [0.2, 0.25) is 5.91 Å². The van der Waals surface area contributed by atoms with E-state index in [0.29, 0.717) is 12.5 Å². The van der Waals surface area contributed by atoms with Crippen molar-refractivity contribution in [2.24, 2.45) is 11.1 Å². The van der Waals surface area contributed by atoms with Crippen molar-refractivity contribution in [2.45, 2.75) is 71.8 Å². The average molecular weight is 254 g/mol. The van der Waals surface area contributed by atoms with E-state index in [4.69, 9.17) is 5.73 Å². The van der Waals surface area contributed by atoms with E-state index in [-0.39, 0.29) is 11.0 Å². The van der Waals surface area contributed by atoms with Crippen molar-refractivity contribution in [3.63, 3.8) is 0 Å². The van der Waals surface area contributed by atoms with E-state index in [1.165, 1.54) is 0 Å². The molecule has 0 aromatic heterocycles. The lowest BCUT2D eigenvalue weighted by atomic mass is 9.77. The smallest absolute Gasteiger partial charge is 0.230 e. The lowest BCUT2D eigenvalue weighted by Gasteiger charge is -2.40. The molecule has 2 N–H and O–H groups in total. The topological polar surface area (TPSA) is 46.3 Å². The Hall–Kier alpha value is -0.570. The van der Waals surface area contributed by atoms with Gasteiger partial charge >= 0.3 is 0 Å². The Morgan fingerprint density at radius 1 is 1.28 bits per heavy atom. The SMILES string of the molecule is CCCC(CN)(CCC)C(=O)N1CCCC1(C)C. The van der Waals surface area contributed by atoms with E-state index in [1.807, 2.05) is 0 Å². The molecule has 0 radical (unpaired) electrons. The van der Waals surface area contributed by atoms with Crippen LogP contribution in [0.3, 0.4) is 0 Å². The molecule has 0 spiro atoms. The molecule has 0 aromatic rings. The lowest BCUT2D eigenvalue weighted by Crippen LogP contribution is -2.53. The zero-order chi connectivity index (χ0) is 13.8. The molecule has 0 bridgehead atoms. The molecule has 18 heavy (non-hydrogen) atoms. The number of nitrogens with zero attached hydrogens (tertiary/aromatic N) is 1. The Kier molecular flexibility index (Phi) is 5.20. The number of hydrogen-bond donors (Lipinski definition) is 1. The summed E-state index contributed by atoms with van der Waals surface area (Å²) >= 11 is 0. The minimum absolute atomic E-state index is 0.0129. The molecule has 1 saturated heterocycles. The molecule has 0 unspecified atom stereocenters. The van der Waals surface area contributed by atoms with Crippen LogP contribution in [0.1, 0.15) is 66.2 Å². The van der Waals surface area contributed by atoms with E-state index in [0.717, 1.165) is 45.1 Å². The highest BCUT2D eigenvalue weighted by molar-refractivity contribution is 5.84. The molecule has 1 rings (SSSR count). The standard InChI is InChI=1S/C15H30N2O/c1-5-8-15(12-16,9-6-2)13(18)17-11-7-10-14(17,3)4/h5-12,16H2,1-4H3. The first-order valence-electron chi connectivity index (χ1n) is 7.45. The van der Waals surface area contributed by atoms with Gasteiger partial charge < -0.3 is 10.6 Å². The van der Waals surface area contributed by atoms with Crippen LogP contribution in [-0.2, 0) is 4.79 Å². The molecular weight excluding hydrogens is 224 g/mol. The van der Waals surface area contributed by atoms with Crippen LogP contribution < -0.4 is 5.73 Å². The van der Waals surface area contributed by atoms with Crippen LogP contribution in [0.5, 0.6) is 0 Å². The number of amides is 1. The molecule has 0 aliphatic carbocycles. The summed E-state index contributed by atoms with van der Waals surface area (Å²) in [6.45, 7) is 10.0. The molecular formula is C15H30N2O. The van der Waals surface area contributed by atoms with Crippen molar-refractivity contribution in [3.8, 4) is 0 Å². The summed E-state index contributed by atoms with van der Waals surface area (Å²) in [5, 5.41) is 0. The molecule has 0 aromatic carbocycles. The first-order chi connectivity index (χ1) is 8.43. The third-order valence-electron chi connectivity index (χ3n) is 4.45. The summed E-state index contributed by atoms with van der Waals surface area (Å²) in [6, 6.07) is 0. The monoisotopic (exact) mass is 254 g/mol. The van der Waals surface area contributed by atoms with Crippen molar-refractivity contribution >= 4 is 5.91 Å². The first-order valence-corrected chi connectivity index (χ1v) is 7.45. The Balaban J connectivity index is 2.94. The predicted molar refractivity (Wildman–Crippen MR) is 76.3 cm³/mol. The fraction of sp³-hybridized carbons (Fsp3) is 0.933. The maximum atomic E-state index is 12.9. The van der Waals surface area contributed by atoms with Crippen LogP contribution in [0.25, 0.3) is 0 Å². The Morgan fingerprint density at radius 2 is 1.83 bits per heavy atom. The Bertz CT molecular complexity index is 280. The molecule has 1 fully saturated rings. The van der Waals surface area contributed by atoms with Crippen molar-refractivity contribution in [2.75, 3.05) is 13.1 Å². The second-order valence-corrected chi connectivity index (χ2v) is 6.36. The van der Waals surface area contributed by atoms with Gasteiger partial charge in [-0.1, -0.05) is 26.7 Å². The minimum atomic E-state index is -0.314. The van der Waals surface area contributed by atoms with Crippen LogP contribution in [0.4, 0.5) is 0 Å². The zero-order valence-corrected chi connectivity index (χ0v) is 12.6. The van der Waals surface area contributed by atoms with Gasteiger partial charge in [-0.05, 0) is 39.5 Å². The van der Waals surface area contributed by atoms with Crippen LogP contribution in [0.2, 0.25) is 0 Å². The van der Waals surface area contributed by atoms with E-state index in [2.05, 4.69) is 32.6 Å². The lowest BCUT2D eigenvalue weighted by molar-refractivity contribution is -0.146. The van der Waals surface area contributed by atoms with Gasteiger partial charge in [-0.3, -0.25) is 4.79 Å². The molecule has 106 valence electrons. The van der Waals surface area contributed by atoms with Gasteiger partial charge in [0.1, 0.15) is 0 Å². The van der Waals surface area contributed by atoms with Crippen molar-refractivity contribution in [3.05, 3.63) is 0 Å². The molecule has 0 saturated carbocycles. The summed E-state index contributed by atoms with van der Waals surface area (Å²) in [6.07, 6.45) is 6.12. The normalized spacial score (nSPS) is 19.3. The summed E-state index contributed by atoms with van der Waals surface area (Å²) < 4.78 is 0. The number of rotatable bonds is 6. The second kappa shape index (κ2) is 6.05. The molecule has 3 nitrogen and oxygen atoms in total. The van der Waals surface area contributed by atoms with Crippen molar-refractivity contribution in [1.29, 1.82) is 0 Å². The number of carbonyl (C=O) groups excluding carboxylic acids is 1. The van der Waals surface area contributed by atoms with Crippen LogP contribution in [-0.4, -0.2) is 29.4 Å². The van der Waals surface area contributed by atoms with Crippen molar-refractivity contribution in [1.82, 2.24) is 4.90 Å². The maximum Gasteiger partial charge on any atom is 0.230 e. The quantitative estimate of drug-likeness (QED) is 0.792. The number of likely N-dealkylation sites (tertiary alicyclic amines) is 1. The third-order valence-corrected chi connectivity index (χ3v) is 4.45. The molecule has 1 aliphatic heterocycles.